The smallest absolute Gasteiger partial charge is 0.336 e. The Labute approximate surface area is 115 Å². The molecule has 0 aliphatic heterocycles. The number of benzene rings is 2. The van der Waals surface area contributed by atoms with Crippen LogP contribution in [0.5, 0.6) is 5.75 Å². The molecule has 0 heterocycles. The maximum atomic E-state index is 13.2. The summed E-state index contributed by atoms with van der Waals surface area (Å²) in [5.41, 5.74) is 1.02. The second-order valence-corrected chi connectivity index (χ2v) is 4.20. The molecule has 0 saturated carbocycles. The average Bonchev–Trinajstić information content (AvgIpc) is 2.45. The van der Waals surface area contributed by atoms with Gasteiger partial charge in [0.2, 0.25) is 0 Å². The van der Waals surface area contributed by atoms with Gasteiger partial charge >= 0.3 is 5.97 Å². The fourth-order valence-electron chi connectivity index (χ4n) is 1.74. The molecule has 20 heavy (non-hydrogen) atoms. The summed E-state index contributed by atoms with van der Waals surface area (Å²) in [6.45, 7) is -0.106. The van der Waals surface area contributed by atoms with Crippen LogP contribution in [0, 0.1) is 5.82 Å². The van der Waals surface area contributed by atoms with Gasteiger partial charge in [-0.1, -0.05) is 12.1 Å². The highest BCUT2D eigenvalue weighted by molar-refractivity contribution is 5.89. The molecule has 5 heteroatoms. The fourth-order valence-corrected chi connectivity index (χ4v) is 1.74. The standard InChI is InChI=1S/C15H13FO4/c16-12-3-6-14(15(18)19)11(7-12)9-20-13-4-1-10(8-17)2-5-13/h1-7,17H,8-9H2,(H,18,19). The van der Waals surface area contributed by atoms with Crippen LogP contribution in [0.15, 0.2) is 42.5 Å². The van der Waals surface area contributed by atoms with Crippen LogP contribution in [0.25, 0.3) is 0 Å². The van der Waals surface area contributed by atoms with Gasteiger partial charge in [0, 0.05) is 5.56 Å². The van der Waals surface area contributed by atoms with Crippen molar-refractivity contribution >= 4 is 5.97 Å². The van der Waals surface area contributed by atoms with Crippen LogP contribution in [0.3, 0.4) is 0 Å². The molecule has 0 aliphatic rings. The molecule has 0 radical (unpaired) electrons. The summed E-state index contributed by atoms with van der Waals surface area (Å²) in [6.07, 6.45) is 0. The van der Waals surface area contributed by atoms with E-state index in [1.807, 2.05) is 0 Å². The van der Waals surface area contributed by atoms with Gasteiger partial charge in [-0.3, -0.25) is 0 Å². The lowest BCUT2D eigenvalue weighted by atomic mass is 10.1. The highest BCUT2D eigenvalue weighted by atomic mass is 19.1. The molecule has 0 unspecified atom stereocenters. The summed E-state index contributed by atoms with van der Waals surface area (Å²) >= 11 is 0. The largest absolute Gasteiger partial charge is 0.489 e. The first-order valence-electron chi connectivity index (χ1n) is 5.94. The number of carbonyl (C=O) groups is 1. The molecule has 104 valence electrons. The highest BCUT2D eigenvalue weighted by Gasteiger charge is 2.11. The molecule has 0 atom stereocenters. The van der Waals surface area contributed by atoms with E-state index >= 15 is 0 Å². The summed E-state index contributed by atoms with van der Waals surface area (Å²) in [7, 11) is 0. The van der Waals surface area contributed by atoms with E-state index in [1.54, 1.807) is 24.3 Å². The zero-order chi connectivity index (χ0) is 14.5. The number of hydrogen-bond donors (Lipinski definition) is 2. The molecule has 0 amide bonds. The number of carboxylic acid groups (broad SMARTS) is 1. The molecular formula is C15H13FO4. The summed E-state index contributed by atoms with van der Waals surface area (Å²) in [4.78, 5) is 11.0. The number of aromatic carboxylic acids is 1. The molecule has 0 aromatic heterocycles. The van der Waals surface area contributed by atoms with E-state index < -0.39 is 11.8 Å². The first-order valence-corrected chi connectivity index (χ1v) is 5.94. The number of aliphatic hydroxyl groups is 1. The van der Waals surface area contributed by atoms with Crippen molar-refractivity contribution in [3.05, 3.63) is 65.0 Å². The number of carboxylic acids is 1. The van der Waals surface area contributed by atoms with Crippen LogP contribution < -0.4 is 4.74 Å². The Morgan fingerprint density at radius 2 is 1.85 bits per heavy atom. The van der Waals surface area contributed by atoms with E-state index in [-0.39, 0.29) is 24.3 Å². The first-order chi connectivity index (χ1) is 9.60. The van der Waals surface area contributed by atoms with E-state index in [9.17, 15) is 9.18 Å². The number of aliphatic hydroxyl groups excluding tert-OH is 1. The van der Waals surface area contributed by atoms with Crippen LogP contribution in [0.4, 0.5) is 4.39 Å². The summed E-state index contributed by atoms with van der Waals surface area (Å²) in [5, 5.41) is 17.9. The molecule has 2 rings (SSSR count). The predicted octanol–water partition coefficient (Wildman–Crippen LogP) is 2.60. The molecular weight excluding hydrogens is 263 g/mol. The molecule has 2 aromatic carbocycles. The summed E-state index contributed by atoms with van der Waals surface area (Å²) in [5.74, 6) is -1.12. The van der Waals surface area contributed by atoms with Gasteiger partial charge in [-0.15, -0.1) is 0 Å². The van der Waals surface area contributed by atoms with Crippen molar-refractivity contribution in [3.63, 3.8) is 0 Å². The number of halogens is 1. The van der Waals surface area contributed by atoms with Crippen molar-refractivity contribution in [2.45, 2.75) is 13.2 Å². The lowest BCUT2D eigenvalue weighted by molar-refractivity contribution is 0.0694. The molecule has 2 aromatic rings. The van der Waals surface area contributed by atoms with Crippen molar-refractivity contribution in [1.29, 1.82) is 0 Å². The molecule has 0 bridgehead atoms. The quantitative estimate of drug-likeness (QED) is 0.881. The van der Waals surface area contributed by atoms with Crippen LogP contribution >= 0.6 is 0 Å². The minimum Gasteiger partial charge on any atom is -0.489 e. The monoisotopic (exact) mass is 276 g/mol. The van der Waals surface area contributed by atoms with Gasteiger partial charge in [-0.05, 0) is 35.9 Å². The molecule has 4 nitrogen and oxygen atoms in total. The molecule has 0 fully saturated rings. The van der Waals surface area contributed by atoms with Crippen LogP contribution in [-0.4, -0.2) is 16.2 Å². The van der Waals surface area contributed by atoms with Gasteiger partial charge in [-0.2, -0.15) is 0 Å². The molecule has 0 spiro atoms. The van der Waals surface area contributed by atoms with Crippen LogP contribution in [-0.2, 0) is 13.2 Å². The molecule has 0 saturated heterocycles. The van der Waals surface area contributed by atoms with E-state index in [4.69, 9.17) is 14.9 Å². The Kier molecular flexibility index (Phi) is 4.32. The SMILES string of the molecule is O=C(O)c1ccc(F)cc1COc1ccc(CO)cc1. The average molecular weight is 276 g/mol. The fraction of sp³-hybridized carbons (Fsp3) is 0.133. The Morgan fingerprint density at radius 1 is 1.15 bits per heavy atom. The van der Waals surface area contributed by atoms with Gasteiger partial charge in [0.15, 0.2) is 0 Å². The van der Waals surface area contributed by atoms with E-state index in [0.29, 0.717) is 5.75 Å². The van der Waals surface area contributed by atoms with Crippen molar-refractivity contribution < 1.29 is 24.1 Å². The summed E-state index contributed by atoms with van der Waals surface area (Å²) in [6, 6.07) is 10.2. The second kappa shape index (κ2) is 6.16. The first kappa shape index (κ1) is 14.0. The topological polar surface area (TPSA) is 66.8 Å². The van der Waals surface area contributed by atoms with Crippen molar-refractivity contribution in [2.75, 3.05) is 0 Å². The van der Waals surface area contributed by atoms with Gasteiger partial charge in [0.25, 0.3) is 0 Å². The Balaban J connectivity index is 2.13. The maximum Gasteiger partial charge on any atom is 0.336 e. The highest BCUT2D eigenvalue weighted by Crippen LogP contribution is 2.17. The molecule has 0 aliphatic carbocycles. The van der Waals surface area contributed by atoms with Crippen LogP contribution in [0.2, 0.25) is 0 Å². The molecule has 2 N–H and O–H groups in total. The van der Waals surface area contributed by atoms with E-state index in [2.05, 4.69) is 0 Å². The van der Waals surface area contributed by atoms with Gasteiger partial charge in [0.1, 0.15) is 18.2 Å². The third kappa shape index (κ3) is 3.33. The van der Waals surface area contributed by atoms with Gasteiger partial charge in [0.05, 0.1) is 12.2 Å². The van der Waals surface area contributed by atoms with Crippen molar-refractivity contribution in [2.24, 2.45) is 0 Å². The van der Waals surface area contributed by atoms with Crippen molar-refractivity contribution in [1.82, 2.24) is 0 Å². The van der Waals surface area contributed by atoms with Crippen molar-refractivity contribution in [3.8, 4) is 5.75 Å². The normalized spacial score (nSPS) is 10.3. The minimum atomic E-state index is -1.13. The Hall–Kier alpha value is -2.40. The number of ether oxygens (including phenoxy) is 1. The number of hydrogen-bond acceptors (Lipinski definition) is 3. The minimum absolute atomic E-state index is 0.0124. The Bertz CT molecular complexity index is 608. The van der Waals surface area contributed by atoms with E-state index in [0.717, 1.165) is 17.7 Å². The summed E-state index contributed by atoms with van der Waals surface area (Å²) < 4.78 is 18.6. The predicted molar refractivity (Wildman–Crippen MR) is 70.1 cm³/mol. The van der Waals surface area contributed by atoms with Gasteiger partial charge in [-0.25, -0.2) is 9.18 Å². The lowest BCUT2D eigenvalue weighted by Gasteiger charge is -2.09. The van der Waals surface area contributed by atoms with E-state index in [1.165, 1.54) is 6.07 Å². The second-order valence-electron chi connectivity index (χ2n) is 4.20. The van der Waals surface area contributed by atoms with Gasteiger partial charge < -0.3 is 14.9 Å². The number of rotatable bonds is 5. The Morgan fingerprint density at radius 3 is 2.45 bits per heavy atom. The zero-order valence-electron chi connectivity index (χ0n) is 10.5. The third-order valence-electron chi connectivity index (χ3n) is 2.80. The third-order valence-corrected chi connectivity index (χ3v) is 2.80. The van der Waals surface area contributed by atoms with Crippen LogP contribution in [0.1, 0.15) is 21.5 Å². The maximum absolute atomic E-state index is 13.2. The lowest BCUT2D eigenvalue weighted by Crippen LogP contribution is -2.06. The zero-order valence-corrected chi connectivity index (χ0v) is 10.5.